The summed E-state index contributed by atoms with van der Waals surface area (Å²) >= 11 is 5.92. The molecular formula is C16H18ClNO. The summed E-state index contributed by atoms with van der Waals surface area (Å²) in [5.41, 5.74) is 3.49. The molecule has 0 aliphatic heterocycles. The van der Waals surface area contributed by atoms with Crippen LogP contribution in [0.15, 0.2) is 42.5 Å². The molecule has 2 aromatic rings. The summed E-state index contributed by atoms with van der Waals surface area (Å²) in [4.78, 5) is 0. The summed E-state index contributed by atoms with van der Waals surface area (Å²) in [6.07, 6.45) is 0. The lowest BCUT2D eigenvalue weighted by Crippen LogP contribution is -2.12. The van der Waals surface area contributed by atoms with Crippen molar-refractivity contribution in [2.24, 2.45) is 0 Å². The van der Waals surface area contributed by atoms with Crippen molar-refractivity contribution in [3.63, 3.8) is 0 Å². The molecule has 1 N–H and O–H groups in total. The van der Waals surface area contributed by atoms with Gasteiger partial charge < -0.3 is 10.1 Å². The molecule has 0 spiro atoms. The third-order valence-electron chi connectivity index (χ3n) is 3.02. The van der Waals surface area contributed by atoms with E-state index in [0.717, 1.165) is 35.0 Å². The molecule has 100 valence electrons. The molecule has 3 heteroatoms. The average molecular weight is 276 g/mol. The molecular weight excluding hydrogens is 258 g/mol. The molecule has 0 fully saturated rings. The maximum absolute atomic E-state index is 5.92. The van der Waals surface area contributed by atoms with Crippen molar-refractivity contribution in [2.75, 3.05) is 13.7 Å². The fourth-order valence-electron chi connectivity index (χ4n) is 2.00. The van der Waals surface area contributed by atoms with Crippen LogP contribution in [0, 0.1) is 0 Å². The summed E-state index contributed by atoms with van der Waals surface area (Å²) in [6, 6.07) is 14.1. The van der Waals surface area contributed by atoms with Crippen LogP contribution in [-0.4, -0.2) is 13.7 Å². The molecule has 2 nitrogen and oxygen atoms in total. The highest BCUT2D eigenvalue weighted by atomic mass is 35.5. The van der Waals surface area contributed by atoms with E-state index in [2.05, 4.69) is 24.4 Å². The van der Waals surface area contributed by atoms with Gasteiger partial charge in [-0.25, -0.2) is 0 Å². The Kier molecular flexibility index (Phi) is 4.83. The zero-order valence-electron chi connectivity index (χ0n) is 11.2. The zero-order chi connectivity index (χ0) is 13.7. The topological polar surface area (TPSA) is 21.3 Å². The molecule has 0 saturated carbocycles. The number of ether oxygens (including phenoxy) is 1. The maximum Gasteiger partial charge on any atom is 0.123 e. The van der Waals surface area contributed by atoms with Crippen LogP contribution in [0.25, 0.3) is 11.1 Å². The Balaban J connectivity index is 2.33. The summed E-state index contributed by atoms with van der Waals surface area (Å²) in [6.45, 7) is 3.84. The van der Waals surface area contributed by atoms with E-state index >= 15 is 0 Å². The van der Waals surface area contributed by atoms with Gasteiger partial charge in [0.1, 0.15) is 5.75 Å². The summed E-state index contributed by atoms with van der Waals surface area (Å²) in [7, 11) is 1.70. The predicted molar refractivity (Wildman–Crippen MR) is 80.8 cm³/mol. The molecule has 0 amide bonds. The van der Waals surface area contributed by atoms with Crippen LogP contribution in [0.1, 0.15) is 12.5 Å². The van der Waals surface area contributed by atoms with Gasteiger partial charge in [-0.15, -0.1) is 0 Å². The molecule has 0 aliphatic carbocycles. The monoisotopic (exact) mass is 275 g/mol. The second-order valence-electron chi connectivity index (χ2n) is 4.31. The largest absolute Gasteiger partial charge is 0.496 e. The average Bonchev–Trinajstić information content (AvgIpc) is 2.45. The van der Waals surface area contributed by atoms with Gasteiger partial charge >= 0.3 is 0 Å². The van der Waals surface area contributed by atoms with Gasteiger partial charge in [0, 0.05) is 17.1 Å². The molecule has 0 aromatic heterocycles. The van der Waals surface area contributed by atoms with Gasteiger partial charge in [-0.2, -0.15) is 0 Å². The first kappa shape index (κ1) is 13.9. The number of benzene rings is 2. The third-order valence-corrected chi connectivity index (χ3v) is 3.28. The zero-order valence-corrected chi connectivity index (χ0v) is 12.0. The van der Waals surface area contributed by atoms with Gasteiger partial charge in [0.25, 0.3) is 0 Å². The lowest BCUT2D eigenvalue weighted by atomic mass is 10.0. The molecule has 0 saturated heterocycles. The molecule has 2 rings (SSSR count). The van der Waals surface area contributed by atoms with Crippen molar-refractivity contribution in [3.05, 3.63) is 53.1 Å². The van der Waals surface area contributed by atoms with E-state index in [9.17, 15) is 0 Å². The first-order valence-corrected chi connectivity index (χ1v) is 6.76. The van der Waals surface area contributed by atoms with Crippen LogP contribution in [0.4, 0.5) is 0 Å². The SMILES string of the molecule is CCNCc1cc(-c2ccc(Cl)cc2)ccc1OC. The maximum atomic E-state index is 5.92. The third kappa shape index (κ3) is 3.49. The van der Waals surface area contributed by atoms with E-state index in [-0.39, 0.29) is 0 Å². The van der Waals surface area contributed by atoms with Gasteiger partial charge in [-0.1, -0.05) is 36.7 Å². The molecule has 0 heterocycles. The molecule has 0 radical (unpaired) electrons. The highest BCUT2D eigenvalue weighted by Crippen LogP contribution is 2.27. The van der Waals surface area contributed by atoms with Gasteiger partial charge in [0.05, 0.1) is 7.11 Å². The number of rotatable bonds is 5. The number of hydrogen-bond donors (Lipinski definition) is 1. The number of methoxy groups -OCH3 is 1. The Hall–Kier alpha value is -1.51. The van der Waals surface area contributed by atoms with Gasteiger partial charge in [0.2, 0.25) is 0 Å². The van der Waals surface area contributed by atoms with Crippen molar-refractivity contribution < 1.29 is 4.74 Å². The Morgan fingerprint density at radius 2 is 1.74 bits per heavy atom. The van der Waals surface area contributed by atoms with E-state index in [1.807, 2.05) is 30.3 Å². The minimum atomic E-state index is 0.755. The minimum absolute atomic E-state index is 0.755. The number of hydrogen-bond acceptors (Lipinski definition) is 2. The van der Waals surface area contributed by atoms with Crippen LogP contribution in [0.5, 0.6) is 5.75 Å². The quantitative estimate of drug-likeness (QED) is 0.886. The van der Waals surface area contributed by atoms with Crippen LogP contribution in [-0.2, 0) is 6.54 Å². The lowest BCUT2D eigenvalue weighted by Gasteiger charge is -2.11. The summed E-state index contributed by atoms with van der Waals surface area (Å²) in [5.74, 6) is 0.915. The lowest BCUT2D eigenvalue weighted by molar-refractivity contribution is 0.408. The van der Waals surface area contributed by atoms with Crippen LogP contribution in [0.3, 0.4) is 0 Å². The molecule has 0 atom stereocenters. The second kappa shape index (κ2) is 6.60. The first-order chi connectivity index (χ1) is 9.24. The molecule has 19 heavy (non-hydrogen) atoms. The van der Waals surface area contributed by atoms with Crippen molar-refractivity contribution >= 4 is 11.6 Å². The fourth-order valence-corrected chi connectivity index (χ4v) is 2.12. The standard InChI is InChI=1S/C16H18ClNO/c1-3-18-11-14-10-13(6-9-16(14)19-2)12-4-7-15(17)8-5-12/h4-10,18H,3,11H2,1-2H3. The molecule has 0 unspecified atom stereocenters. The second-order valence-corrected chi connectivity index (χ2v) is 4.75. The summed E-state index contributed by atoms with van der Waals surface area (Å²) in [5, 5.41) is 4.08. The minimum Gasteiger partial charge on any atom is -0.496 e. The Morgan fingerprint density at radius 3 is 2.37 bits per heavy atom. The smallest absolute Gasteiger partial charge is 0.123 e. The molecule has 0 bridgehead atoms. The van der Waals surface area contributed by atoms with Crippen LogP contribution < -0.4 is 10.1 Å². The van der Waals surface area contributed by atoms with E-state index in [1.54, 1.807) is 7.11 Å². The van der Waals surface area contributed by atoms with E-state index in [0.29, 0.717) is 0 Å². The van der Waals surface area contributed by atoms with Gasteiger partial charge in [0.15, 0.2) is 0 Å². The van der Waals surface area contributed by atoms with E-state index < -0.39 is 0 Å². The molecule has 2 aromatic carbocycles. The normalized spacial score (nSPS) is 10.5. The Bertz CT molecular complexity index is 537. The number of halogens is 1. The Morgan fingerprint density at radius 1 is 1.05 bits per heavy atom. The van der Waals surface area contributed by atoms with Gasteiger partial charge in [-0.05, 0) is 41.9 Å². The number of nitrogens with one attached hydrogen (secondary N) is 1. The van der Waals surface area contributed by atoms with Crippen LogP contribution in [0.2, 0.25) is 5.02 Å². The van der Waals surface area contributed by atoms with E-state index in [1.165, 1.54) is 5.56 Å². The summed E-state index contributed by atoms with van der Waals surface area (Å²) < 4.78 is 5.39. The van der Waals surface area contributed by atoms with Crippen molar-refractivity contribution in [1.82, 2.24) is 5.32 Å². The van der Waals surface area contributed by atoms with Crippen molar-refractivity contribution in [3.8, 4) is 16.9 Å². The molecule has 0 aliphatic rings. The Labute approximate surface area is 119 Å². The predicted octanol–water partition coefficient (Wildman–Crippen LogP) is 4.13. The van der Waals surface area contributed by atoms with Crippen molar-refractivity contribution in [2.45, 2.75) is 13.5 Å². The van der Waals surface area contributed by atoms with Crippen LogP contribution >= 0.6 is 11.6 Å². The highest BCUT2D eigenvalue weighted by molar-refractivity contribution is 6.30. The van der Waals surface area contributed by atoms with Crippen molar-refractivity contribution in [1.29, 1.82) is 0 Å². The first-order valence-electron chi connectivity index (χ1n) is 6.38. The van der Waals surface area contributed by atoms with E-state index in [4.69, 9.17) is 16.3 Å². The van der Waals surface area contributed by atoms with Gasteiger partial charge in [-0.3, -0.25) is 0 Å². The fraction of sp³-hybridized carbons (Fsp3) is 0.250. The highest BCUT2D eigenvalue weighted by Gasteiger charge is 2.05.